The summed E-state index contributed by atoms with van der Waals surface area (Å²) in [5.41, 5.74) is 3.72. The minimum absolute atomic E-state index is 0.104. The number of carbonyl (C=O) groups excluding carboxylic acids is 2. The third kappa shape index (κ3) is 4.00. The molecule has 25 heavy (non-hydrogen) atoms. The molecule has 0 saturated heterocycles. The number of thiophene rings is 1. The Morgan fingerprint density at radius 2 is 2.20 bits per heavy atom. The van der Waals surface area contributed by atoms with E-state index in [2.05, 4.69) is 0 Å². The fourth-order valence-electron chi connectivity index (χ4n) is 2.95. The predicted octanol–water partition coefficient (Wildman–Crippen LogP) is 2.39. The van der Waals surface area contributed by atoms with Crippen LogP contribution in [0.3, 0.4) is 0 Å². The molecule has 1 aliphatic rings. The van der Waals surface area contributed by atoms with Gasteiger partial charge in [0.1, 0.15) is 5.75 Å². The summed E-state index contributed by atoms with van der Waals surface area (Å²) >= 11 is 1.37. The maximum absolute atomic E-state index is 12.5. The number of amides is 2. The van der Waals surface area contributed by atoms with Gasteiger partial charge >= 0.3 is 0 Å². The Hall–Kier alpha value is -2.38. The van der Waals surface area contributed by atoms with Gasteiger partial charge in [-0.1, -0.05) is 12.1 Å². The molecule has 0 radical (unpaired) electrons. The van der Waals surface area contributed by atoms with Crippen molar-refractivity contribution >= 4 is 23.2 Å². The smallest absolute Gasteiger partial charge is 0.284 e. The Morgan fingerprint density at radius 1 is 1.36 bits per heavy atom. The van der Waals surface area contributed by atoms with Crippen LogP contribution in [0.2, 0.25) is 0 Å². The molecular weight excluding hydrogens is 340 g/mol. The van der Waals surface area contributed by atoms with E-state index in [0.29, 0.717) is 30.8 Å². The number of hydrogen-bond acceptors (Lipinski definition) is 5. The molecule has 0 aliphatic carbocycles. The van der Waals surface area contributed by atoms with Crippen LogP contribution in [0.5, 0.6) is 5.75 Å². The van der Waals surface area contributed by atoms with Crippen molar-refractivity contribution in [1.29, 1.82) is 0 Å². The van der Waals surface area contributed by atoms with Crippen LogP contribution in [0.25, 0.3) is 0 Å². The van der Waals surface area contributed by atoms with Crippen molar-refractivity contribution in [2.75, 3.05) is 13.7 Å². The van der Waals surface area contributed by atoms with Gasteiger partial charge in [-0.3, -0.25) is 14.8 Å². The number of nitrogens with zero attached hydrogens (tertiary/aromatic N) is 1. The SMILES string of the molecule is COc1cccc(CCC(=O)N2CCc3sc(C(=O)NO)cc3C2)c1. The van der Waals surface area contributed by atoms with Crippen LogP contribution >= 0.6 is 11.3 Å². The summed E-state index contributed by atoms with van der Waals surface area (Å²) in [7, 11) is 1.63. The number of carbonyl (C=O) groups is 2. The van der Waals surface area contributed by atoms with Gasteiger partial charge in [0.15, 0.2) is 0 Å². The zero-order chi connectivity index (χ0) is 17.8. The monoisotopic (exact) mass is 360 g/mol. The highest BCUT2D eigenvalue weighted by atomic mass is 32.1. The van der Waals surface area contributed by atoms with Gasteiger partial charge < -0.3 is 9.64 Å². The molecule has 1 aliphatic heterocycles. The lowest BCUT2D eigenvalue weighted by molar-refractivity contribution is -0.132. The third-order valence-electron chi connectivity index (χ3n) is 4.31. The van der Waals surface area contributed by atoms with Gasteiger partial charge in [0.05, 0.1) is 12.0 Å². The van der Waals surface area contributed by atoms with Crippen LogP contribution in [0, 0.1) is 0 Å². The lowest BCUT2D eigenvalue weighted by Gasteiger charge is -2.27. The lowest BCUT2D eigenvalue weighted by Crippen LogP contribution is -2.35. The van der Waals surface area contributed by atoms with Gasteiger partial charge in [-0.15, -0.1) is 11.3 Å². The molecule has 1 aromatic carbocycles. The summed E-state index contributed by atoms with van der Waals surface area (Å²) in [4.78, 5) is 27.4. The number of nitrogens with one attached hydrogen (secondary N) is 1. The molecule has 2 N–H and O–H groups in total. The average Bonchev–Trinajstić information content (AvgIpc) is 3.08. The molecule has 3 rings (SSSR count). The quantitative estimate of drug-likeness (QED) is 0.634. The van der Waals surface area contributed by atoms with Crippen LogP contribution in [-0.4, -0.2) is 35.6 Å². The van der Waals surface area contributed by atoms with Gasteiger partial charge in [0.25, 0.3) is 5.91 Å². The highest BCUT2D eigenvalue weighted by molar-refractivity contribution is 7.14. The van der Waals surface area contributed by atoms with E-state index in [-0.39, 0.29) is 5.91 Å². The summed E-state index contributed by atoms with van der Waals surface area (Å²) < 4.78 is 5.20. The van der Waals surface area contributed by atoms with Crippen LogP contribution < -0.4 is 10.2 Å². The maximum Gasteiger partial charge on any atom is 0.284 e. The van der Waals surface area contributed by atoms with Crippen LogP contribution in [-0.2, 0) is 24.2 Å². The van der Waals surface area contributed by atoms with Gasteiger partial charge in [-0.25, -0.2) is 5.48 Å². The molecule has 0 fully saturated rings. The van der Waals surface area contributed by atoms with Crippen LogP contribution in [0.1, 0.15) is 32.1 Å². The number of ether oxygens (including phenoxy) is 1. The highest BCUT2D eigenvalue weighted by Crippen LogP contribution is 2.28. The predicted molar refractivity (Wildman–Crippen MR) is 94.0 cm³/mol. The second kappa shape index (κ2) is 7.67. The highest BCUT2D eigenvalue weighted by Gasteiger charge is 2.24. The van der Waals surface area contributed by atoms with Gasteiger partial charge in [0.2, 0.25) is 5.91 Å². The van der Waals surface area contributed by atoms with Crippen molar-refractivity contribution in [2.24, 2.45) is 0 Å². The van der Waals surface area contributed by atoms with Crippen molar-refractivity contribution in [1.82, 2.24) is 10.4 Å². The van der Waals surface area contributed by atoms with E-state index in [1.54, 1.807) is 18.7 Å². The molecule has 0 unspecified atom stereocenters. The first-order valence-corrected chi connectivity index (χ1v) is 8.89. The number of rotatable bonds is 5. The summed E-state index contributed by atoms with van der Waals surface area (Å²) in [5.74, 6) is 0.392. The molecule has 1 aromatic heterocycles. The van der Waals surface area contributed by atoms with Crippen molar-refractivity contribution in [3.63, 3.8) is 0 Å². The van der Waals surface area contributed by atoms with E-state index in [9.17, 15) is 9.59 Å². The number of hydrogen-bond donors (Lipinski definition) is 2. The Bertz CT molecular complexity index is 787. The number of aryl methyl sites for hydroxylation is 1. The van der Waals surface area contributed by atoms with Gasteiger partial charge in [-0.2, -0.15) is 0 Å². The Balaban J connectivity index is 1.60. The molecule has 6 nitrogen and oxygen atoms in total. The number of methoxy groups -OCH3 is 1. The molecule has 7 heteroatoms. The van der Waals surface area contributed by atoms with Gasteiger partial charge in [0, 0.05) is 24.4 Å². The largest absolute Gasteiger partial charge is 0.497 e. The molecule has 0 atom stereocenters. The zero-order valence-electron chi connectivity index (χ0n) is 13.9. The van der Waals surface area contributed by atoms with Crippen LogP contribution in [0.4, 0.5) is 0 Å². The summed E-state index contributed by atoms with van der Waals surface area (Å²) in [5, 5.41) is 8.74. The second-order valence-electron chi connectivity index (χ2n) is 5.92. The minimum atomic E-state index is -0.504. The van der Waals surface area contributed by atoms with E-state index in [1.165, 1.54) is 11.3 Å². The molecule has 2 aromatic rings. The third-order valence-corrected chi connectivity index (χ3v) is 5.54. The lowest BCUT2D eigenvalue weighted by atomic mass is 10.1. The summed E-state index contributed by atoms with van der Waals surface area (Å²) in [6, 6.07) is 9.50. The molecule has 2 amide bonds. The molecule has 132 valence electrons. The van der Waals surface area contributed by atoms with E-state index in [0.717, 1.165) is 28.2 Å². The second-order valence-corrected chi connectivity index (χ2v) is 7.05. The first-order chi connectivity index (χ1) is 12.1. The number of benzene rings is 1. The Labute approximate surface area is 150 Å². The zero-order valence-corrected chi connectivity index (χ0v) is 14.8. The van der Waals surface area contributed by atoms with E-state index in [4.69, 9.17) is 9.94 Å². The number of fused-ring (bicyclic) bond motifs is 1. The molecule has 0 spiro atoms. The first-order valence-electron chi connectivity index (χ1n) is 8.07. The molecule has 0 saturated carbocycles. The van der Waals surface area contributed by atoms with E-state index in [1.807, 2.05) is 29.2 Å². The van der Waals surface area contributed by atoms with Crippen LogP contribution in [0.15, 0.2) is 30.3 Å². The fraction of sp³-hybridized carbons (Fsp3) is 0.333. The Kier molecular flexibility index (Phi) is 5.35. The molecule has 0 bridgehead atoms. The average molecular weight is 360 g/mol. The maximum atomic E-state index is 12.5. The van der Waals surface area contributed by atoms with Crippen molar-refractivity contribution < 1.29 is 19.5 Å². The van der Waals surface area contributed by atoms with E-state index >= 15 is 0 Å². The standard InChI is InChI=1S/C18H20N2O4S/c1-24-14-4-2-3-12(9-14)5-6-17(21)20-8-7-15-13(11-20)10-16(25-15)18(22)19-23/h2-4,9-10,23H,5-8,11H2,1H3,(H,19,22). The summed E-state index contributed by atoms with van der Waals surface area (Å²) in [6.07, 6.45) is 1.85. The summed E-state index contributed by atoms with van der Waals surface area (Å²) in [6.45, 7) is 1.17. The minimum Gasteiger partial charge on any atom is -0.497 e. The van der Waals surface area contributed by atoms with Crippen molar-refractivity contribution in [3.05, 3.63) is 51.2 Å². The molecular formula is C18H20N2O4S. The van der Waals surface area contributed by atoms with E-state index < -0.39 is 5.91 Å². The first kappa shape index (κ1) is 17.4. The van der Waals surface area contributed by atoms with Gasteiger partial charge in [-0.05, 0) is 42.2 Å². The Morgan fingerprint density at radius 3 is 2.96 bits per heavy atom. The topological polar surface area (TPSA) is 78.9 Å². The van der Waals surface area contributed by atoms with Crippen molar-refractivity contribution in [3.8, 4) is 5.75 Å². The molecule has 2 heterocycles. The fourth-order valence-corrected chi connectivity index (χ4v) is 4.00. The number of hydroxylamine groups is 1. The normalized spacial score (nSPS) is 13.3. The van der Waals surface area contributed by atoms with Crippen molar-refractivity contribution in [2.45, 2.75) is 25.8 Å².